The van der Waals surface area contributed by atoms with Crippen molar-refractivity contribution in [1.29, 1.82) is 0 Å². The van der Waals surface area contributed by atoms with E-state index in [1.54, 1.807) is 0 Å². The molecule has 138 valence electrons. The number of nitrogens with zero attached hydrogens (tertiary/aromatic N) is 1. The van der Waals surface area contributed by atoms with Crippen LogP contribution in [0.5, 0.6) is 0 Å². The molecule has 2 saturated heterocycles. The van der Waals surface area contributed by atoms with Crippen molar-refractivity contribution in [3.63, 3.8) is 0 Å². The monoisotopic (exact) mass is 325 g/mol. The van der Waals surface area contributed by atoms with E-state index < -0.39 is 0 Å². The zero-order valence-corrected chi connectivity index (χ0v) is 16.7. The Morgan fingerprint density at radius 2 is 1.26 bits per heavy atom. The van der Waals surface area contributed by atoms with Crippen molar-refractivity contribution in [2.45, 2.75) is 79.3 Å². The van der Waals surface area contributed by atoms with Gasteiger partial charge in [-0.3, -0.25) is 4.90 Å². The highest BCUT2D eigenvalue weighted by molar-refractivity contribution is 4.85. The lowest BCUT2D eigenvalue weighted by molar-refractivity contribution is 0.0884. The Morgan fingerprint density at radius 3 is 1.65 bits per heavy atom. The molecule has 2 aliphatic heterocycles. The fraction of sp³-hybridized carbons (Fsp3) is 1.00. The Morgan fingerprint density at radius 1 is 0.783 bits per heavy atom. The molecule has 3 heteroatoms. The van der Waals surface area contributed by atoms with Crippen LogP contribution in [0.4, 0.5) is 0 Å². The second-order valence-corrected chi connectivity index (χ2v) is 7.93. The van der Waals surface area contributed by atoms with Gasteiger partial charge in [-0.25, -0.2) is 0 Å². The van der Waals surface area contributed by atoms with Crippen LogP contribution in [0.15, 0.2) is 0 Å². The topological polar surface area (TPSA) is 27.3 Å². The van der Waals surface area contributed by atoms with Crippen molar-refractivity contribution in [1.82, 2.24) is 15.5 Å². The van der Waals surface area contributed by atoms with Gasteiger partial charge >= 0.3 is 0 Å². The zero-order chi connectivity index (χ0) is 17.2. The van der Waals surface area contributed by atoms with Gasteiger partial charge < -0.3 is 10.6 Å². The van der Waals surface area contributed by atoms with Crippen molar-refractivity contribution in [2.75, 3.05) is 32.7 Å². The minimum atomic E-state index is 0.712. The molecule has 2 atom stereocenters. The van der Waals surface area contributed by atoms with E-state index in [-0.39, 0.29) is 0 Å². The van der Waals surface area contributed by atoms with Gasteiger partial charge in [0.1, 0.15) is 0 Å². The molecule has 23 heavy (non-hydrogen) atoms. The number of hydrogen-bond donors (Lipinski definition) is 2. The molecule has 0 aromatic heterocycles. The number of piperidine rings is 1. The number of piperazine rings is 1. The molecule has 0 aromatic carbocycles. The van der Waals surface area contributed by atoms with Gasteiger partial charge in [-0.05, 0) is 70.4 Å². The molecular formula is C20H43N3. The third kappa shape index (κ3) is 7.53. The molecule has 2 unspecified atom stereocenters. The van der Waals surface area contributed by atoms with E-state index in [0.717, 1.165) is 30.8 Å². The average molecular weight is 326 g/mol. The molecule has 3 aliphatic rings. The summed E-state index contributed by atoms with van der Waals surface area (Å²) >= 11 is 0. The Kier molecular flexibility index (Phi) is 10.4. The summed E-state index contributed by atoms with van der Waals surface area (Å²) in [4.78, 5) is 2.70. The van der Waals surface area contributed by atoms with Gasteiger partial charge in [0.25, 0.3) is 0 Å². The average Bonchev–Trinajstić information content (AvgIpc) is 2.54. The van der Waals surface area contributed by atoms with Gasteiger partial charge in [0.2, 0.25) is 0 Å². The van der Waals surface area contributed by atoms with E-state index in [1.807, 2.05) is 13.8 Å². The SMILES string of the molecule is CC.CC1CC(C)C1.CC1CNCC(C)N1CC1CCNCC1. The molecule has 3 rings (SSSR count). The Bertz CT molecular complexity index is 267. The molecule has 0 spiro atoms. The Hall–Kier alpha value is -0.120. The predicted molar refractivity (Wildman–Crippen MR) is 103 cm³/mol. The van der Waals surface area contributed by atoms with E-state index in [0.29, 0.717) is 12.1 Å². The third-order valence-corrected chi connectivity index (χ3v) is 5.55. The van der Waals surface area contributed by atoms with E-state index >= 15 is 0 Å². The Balaban J connectivity index is 0.000000276. The molecule has 2 heterocycles. The summed E-state index contributed by atoms with van der Waals surface area (Å²) in [5, 5.41) is 6.94. The van der Waals surface area contributed by atoms with Crippen LogP contribution >= 0.6 is 0 Å². The zero-order valence-electron chi connectivity index (χ0n) is 16.7. The number of hydrogen-bond acceptors (Lipinski definition) is 3. The summed E-state index contributed by atoms with van der Waals surface area (Å²) in [6, 6.07) is 1.42. The summed E-state index contributed by atoms with van der Waals surface area (Å²) in [7, 11) is 0. The molecule has 3 nitrogen and oxygen atoms in total. The lowest BCUT2D eigenvalue weighted by Gasteiger charge is -2.42. The molecule has 0 amide bonds. The maximum Gasteiger partial charge on any atom is 0.0195 e. The summed E-state index contributed by atoms with van der Waals surface area (Å²) in [5.74, 6) is 3.01. The molecule has 0 bridgehead atoms. The largest absolute Gasteiger partial charge is 0.317 e. The third-order valence-electron chi connectivity index (χ3n) is 5.55. The van der Waals surface area contributed by atoms with Crippen LogP contribution in [0.1, 0.15) is 67.2 Å². The van der Waals surface area contributed by atoms with Crippen molar-refractivity contribution >= 4 is 0 Å². The van der Waals surface area contributed by atoms with Crippen molar-refractivity contribution in [3.8, 4) is 0 Å². The van der Waals surface area contributed by atoms with Crippen LogP contribution in [0.2, 0.25) is 0 Å². The lowest BCUT2D eigenvalue weighted by Crippen LogP contribution is -2.56. The van der Waals surface area contributed by atoms with E-state index in [9.17, 15) is 0 Å². The smallest absolute Gasteiger partial charge is 0.0195 e. The Labute approximate surface area is 146 Å². The first-order chi connectivity index (χ1) is 11.1. The fourth-order valence-corrected chi connectivity index (χ4v) is 4.20. The van der Waals surface area contributed by atoms with Gasteiger partial charge in [0, 0.05) is 31.7 Å². The molecule has 0 aromatic rings. The van der Waals surface area contributed by atoms with Gasteiger partial charge in [-0.15, -0.1) is 0 Å². The van der Waals surface area contributed by atoms with Crippen molar-refractivity contribution in [3.05, 3.63) is 0 Å². The van der Waals surface area contributed by atoms with Crippen LogP contribution in [0.3, 0.4) is 0 Å². The second kappa shape index (κ2) is 11.4. The quantitative estimate of drug-likeness (QED) is 0.810. The van der Waals surface area contributed by atoms with Crippen LogP contribution in [0, 0.1) is 17.8 Å². The summed E-state index contributed by atoms with van der Waals surface area (Å²) in [5.41, 5.74) is 0. The van der Waals surface area contributed by atoms with Gasteiger partial charge in [0.15, 0.2) is 0 Å². The highest BCUT2D eigenvalue weighted by atomic mass is 15.2. The first-order valence-electron chi connectivity index (χ1n) is 10.2. The van der Waals surface area contributed by atoms with Crippen LogP contribution in [0.25, 0.3) is 0 Å². The van der Waals surface area contributed by atoms with E-state index in [4.69, 9.17) is 0 Å². The van der Waals surface area contributed by atoms with Gasteiger partial charge in [-0.2, -0.15) is 0 Å². The molecule has 1 saturated carbocycles. The fourth-order valence-electron chi connectivity index (χ4n) is 4.20. The summed E-state index contributed by atoms with van der Waals surface area (Å²) in [6.07, 6.45) is 5.67. The molecule has 2 N–H and O–H groups in total. The van der Waals surface area contributed by atoms with E-state index in [2.05, 4.69) is 43.2 Å². The molecule has 1 aliphatic carbocycles. The van der Waals surface area contributed by atoms with Gasteiger partial charge in [-0.1, -0.05) is 27.7 Å². The molecular weight excluding hydrogens is 282 g/mol. The van der Waals surface area contributed by atoms with Crippen LogP contribution in [-0.4, -0.2) is 49.7 Å². The van der Waals surface area contributed by atoms with Crippen LogP contribution < -0.4 is 10.6 Å². The first kappa shape index (κ1) is 20.9. The predicted octanol–water partition coefficient (Wildman–Crippen LogP) is 3.75. The number of rotatable bonds is 2. The molecule has 0 radical (unpaired) electrons. The standard InChI is InChI=1S/C12H25N3.C6H12.C2H6/c1-10-7-14-8-11(2)15(10)9-12-3-5-13-6-4-12;1-5-3-6(2)4-5;1-2/h10-14H,3-9H2,1-2H3;5-6H,3-4H2,1-2H3;1-2H3. The lowest BCUT2D eigenvalue weighted by atomic mass is 9.78. The second-order valence-electron chi connectivity index (χ2n) is 7.93. The number of nitrogens with one attached hydrogen (secondary N) is 2. The highest BCUT2D eigenvalue weighted by Gasteiger charge is 2.27. The van der Waals surface area contributed by atoms with E-state index in [1.165, 1.54) is 45.3 Å². The minimum absolute atomic E-state index is 0.712. The van der Waals surface area contributed by atoms with Crippen molar-refractivity contribution < 1.29 is 0 Å². The van der Waals surface area contributed by atoms with Gasteiger partial charge in [0.05, 0.1) is 0 Å². The van der Waals surface area contributed by atoms with Crippen LogP contribution in [-0.2, 0) is 0 Å². The maximum atomic E-state index is 3.50. The summed E-state index contributed by atoms with van der Waals surface area (Å²) < 4.78 is 0. The molecule has 3 fully saturated rings. The summed E-state index contributed by atoms with van der Waals surface area (Å²) in [6.45, 7) is 19.4. The highest BCUT2D eigenvalue weighted by Crippen LogP contribution is 2.31. The normalized spacial score (nSPS) is 35.2. The minimum Gasteiger partial charge on any atom is -0.317 e. The van der Waals surface area contributed by atoms with Crippen molar-refractivity contribution in [2.24, 2.45) is 17.8 Å². The maximum absolute atomic E-state index is 3.50. The first-order valence-corrected chi connectivity index (χ1v) is 10.2.